The van der Waals surface area contributed by atoms with Gasteiger partial charge in [-0.15, -0.1) is 0 Å². The molecule has 0 aliphatic carbocycles. The molecule has 0 spiro atoms. The van der Waals surface area contributed by atoms with Crippen LogP contribution in [0.1, 0.15) is 6.42 Å². The number of nitrogens with zero attached hydrogens (tertiary/aromatic N) is 1. The van der Waals surface area contributed by atoms with Crippen molar-refractivity contribution in [2.75, 3.05) is 24.5 Å². The van der Waals surface area contributed by atoms with Gasteiger partial charge in [0, 0.05) is 25.7 Å². The number of benzene rings is 1. The molecule has 2 unspecified atom stereocenters. The van der Waals surface area contributed by atoms with Gasteiger partial charge in [0.05, 0.1) is 5.69 Å². The van der Waals surface area contributed by atoms with E-state index in [1.54, 1.807) is 12.1 Å². The Kier molecular flexibility index (Phi) is 2.13. The average molecular weight is 206 g/mol. The zero-order chi connectivity index (χ0) is 10.3. The summed E-state index contributed by atoms with van der Waals surface area (Å²) in [5.74, 6) is 0.620. The smallest absolute Gasteiger partial charge is 0.146 e. The van der Waals surface area contributed by atoms with Crippen molar-refractivity contribution >= 4 is 5.69 Å². The number of rotatable bonds is 1. The summed E-state index contributed by atoms with van der Waals surface area (Å²) in [6, 6.07) is 7.59. The van der Waals surface area contributed by atoms with Crippen molar-refractivity contribution in [2.45, 2.75) is 12.5 Å². The average Bonchev–Trinajstić information content (AvgIpc) is 2.80. The van der Waals surface area contributed by atoms with E-state index in [2.05, 4.69) is 10.2 Å². The molecule has 1 aromatic carbocycles. The molecule has 2 nitrogen and oxygen atoms in total. The largest absolute Gasteiger partial charge is 0.365 e. The fourth-order valence-corrected chi connectivity index (χ4v) is 2.83. The normalized spacial score (nSPS) is 29.5. The van der Waals surface area contributed by atoms with Crippen molar-refractivity contribution in [1.29, 1.82) is 0 Å². The van der Waals surface area contributed by atoms with Gasteiger partial charge in [-0.1, -0.05) is 12.1 Å². The van der Waals surface area contributed by atoms with E-state index in [4.69, 9.17) is 0 Å². The number of hydrogen-bond donors (Lipinski definition) is 1. The lowest BCUT2D eigenvalue weighted by atomic mass is 10.1. The number of para-hydroxylation sites is 1. The van der Waals surface area contributed by atoms with Crippen LogP contribution in [0.25, 0.3) is 0 Å². The van der Waals surface area contributed by atoms with Crippen molar-refractivity contribution in [2.24, 2.45) is 5.92 Å². The lowest BCUT2D eigenvalue weighted by Crippen LogP contribution is -2.34. The minimum Gasteiger partial charge on any atom is -0.365 e. The molecule has 1 aromatic rings. The van der Waals surface area contributed by atoms with Crippen LogP contribution >= 0.6 is 0 Å². The lowest BCUT2D eigenvalue weighted by Gasteiger charge is -2.25. The Morgan fingerprint density at radius 3 is 3.00 bits per heavy atom. The van der Waals surface area contributed by atoms with Gasteiger partial charge in [-0.05, 0) is 24.5 Å². The lowest BCUT2D eigenvalue weighted by molar-refractivity contribution is 0.570. The van der Waals surface area contributed by atoms with Gasteiger partial charge in [0.1, 0.15) is 5.82 Å². The summed E-state index contributed by atoms with van der Waals surface area (Å²) >= 11 is 0. The highest BCUT2D eigenvalue weighted by atomic mass is 19.1. The summed E-state index contributed by atoms with van der Waals surface area (Å²) in [5, 5.41) is 3.38. The molecule has 80 valence electrons. The van der Waals surface area contributed by atoms with E-state index < -0.39 is 0 Å². The molecule has 0 saturated carbocycles. The Labute approximate surface area is 89.1 Å². The van der Waals surface area contributed by atoms with Gasteiger partial charge in [0.25, 0.3) is 0 Å². The van der Waals surface area contributed by atoms with Gasteiger partial charge < -0.3 is 10.2 Å². The van der Waals surface area contributed by atoms with Crippen LogP contribution in [0, 0.1) is 11.7 Å². The summed E-state index contributed by atoms with van der Waals surface area (Å²) in [4.78, 5) is 2.22. The van der Waals surface area contributed by atoms with E-state index in [-0.39, 0.29) is 5.82 Å². The molecule has 0 radical (unpaired) electrons. The summed E-state index contributed by atoms with van der Waals surface area (Å²) in [6.45, 7) is 3.09. The van der Waals surface area contributed by atoms with Gasteiger partial charge in [0.15, 0.2) is 0 Å². The van der Waals surface area contributed by atoms with Gasteiger partial charge in [-0.2, -0.15) is 0 Å². The Morgan fingerprint density at radius 1 is 1.27 bits per heavy atom. The highest BCUT2D eigenvalue weighted by Gasteiger charge is 2.38. The summed E-state index contributed by atoms with van der Waals surface area (Å²) < 4.78 is 13.6. The van der Waals surface area contributed by atoms with Crippen molar-refractivity contribution in [1.82, 2.24) is 5.32 Å². The molecule has 15 heavy (non-hydrogen) atoms. The van der Waals surface area contributed by atoms with E-state index in [9.17, 15) is 4.39 Å². The van der Waals surface area contributed by atoms with E-state index in [1.807, 2.05) is 12.1 Å². The van der Waals surface area contributed by atoms with Crippen LogP contribution in [-0.4, -0.2) is 25.7 Å². The summed E-state index contributed by atoms with van der Waals surface area (Å²) in [7, 11) is 0. The van der Waals surface area contributed by atoms with Crippen LogP contribution in [0.3, 0.4) is 0 Å². The minimum absolute atomic E-state index is 0.0925. The van der Waals surface area contributed by atoms with Crippen molar-refractivity contribution < 1.29 is 4.39 Å². The highest BCUT2D eigenvalue weighted by molar-refractivity contribution is 5.50. The van der Waals surface area contributed by atoms with Gasteiger partial charge in [0.2, 0.25) is 0 Å². The Morgan fingerprint density at radius 2 is 2.13 bits per heavy atom. The molecular formula is C12H15FN2. The second kappa shape index (κ2) is 3.49. The Hall–Kier alpha value is -1.09. The molecule has 3 rings (SSSR count). The molecule has 2 fully saturated rings. The first-order chi connectivity index (χ1) is 7.36. The van der Waals surface area contributed by atoms with Crippen molar-refractivity contribution in [3.63, 3.8) is 0 Å². The predicted molar refractivity (Wildman–Crippen MR) is 58.5 cm³/mol. The molecule has 0 bridgehead atoms. The third-order valence-electron chi connectivity index (χ3n) is 3.61. The van der Waals surface area contributed by atoms with Gasteiger partial charge >= 0.3 is 0 Å². The third kappa shape index (κ3) is 1.42. The maximum atomic E-state index is 13.6. The molecule has 0 amide bonds. The molecule has 2 atom stereocenters. The SMILES string of the molecule is Fc1ccccc1N1CCC2CNCC21. The molecule has 2 heterocycles. The second-order valence-electron chi connectivity index (χ2n) is 4.42. The summed E-state index contributed by atoms with van der Waals surface area (Å²) in [6.07, 6.45) is 1.19. The number of hydrogen-bond acceptors (Lipinski definition) is 2. The molecule has 2 aliphatic heterocycles. The number of halogens is 1. The first-order valence-electron chi connectivity index (χ1n) is 5.58. The Balaban J connectivity index is 1.91. The molecule has 3 heteroatoms. The number of fused-ring (bicyclic) bond motifs is 1. The van der Waals surface area contributed by atoms with Crippen LogP contribution < -0.4 is 10.2 Å². The van der Waals surface area contributed by atoms with Crippen LogP contribution in [0.2, 0.25) is 0 Å². The van der Waals surface area contributed by atoms with Gasteiger partial charge in [-0.3, -0.25) is 0 Å². The van der Waals surface area contributed by atoms with Gasteiger partial charge in [-0.25, -0.2) is 4.39 Å². The molecule has 2 aliphatic rings. The molecular weight excluding hydrogens is 191 g/mol. The highest BCUT2D eigenvalue weighted by Crippen LogP contribution is 2.32. The van der Waals surface area contributed by atoms with E-state index in [0.717, 1.165) is 25.3 Å². The van der Waals surface area contributed by atoms with Crippen molar-refractivity contribution in [3.05, 3.63) is 30.1 Å². The number of nitrogens with one attached hydrogen (secondary N) is 1. The topological polar surface area (TPSA) is 15.3 Å². The minimum atomic E-state index is -0.0925. The van der Waals surface area contributed by atoms with Crippen LogP contribution in [0.4, 0.5) is 10.1 Å². The quantitative estimate of drug-likeness (QED) is 0.751. The predicted octanol–water partition coefficient (Wildman–Crippen LogP) is 1.62. The number of anilines is 1. The van der Waals surface area contributed by atoms with E-state index in [0.29, 0.717) is 12.0 Å². The maximum Gasteiger partial charge on any atom is 0.146 e. The Bertz CT molecular complexity index is 366. The first-order valence-corrected chi connectivity index (χ1v) is 5.58. The fraction of sp³-hybridized carbons (Fsp3) is 0.500. The second-order valence-corrected chi connectivity index (χ2v) is 4.42. The first kappa shape index (κ1) is 9.16. The molecule has 0 aromatic heterocycles. The van der Waals surface area contributed by atoms with E-state index >= 15 is 0 Å². The zero-order valence-electron chi connectivity index (χ0n) is 8.62. The standard InChI is InChI=1S/C12H15FN2/c13-10-3-1-2-4-11(10)15-6-5-9-7-14-8-12(9)15/h1-4,9,12,14H,5-8H2. The van der Waals surface area contributed by atoms with Crippen LogP contribution in [0.5, 0.6) is 0 Å². The van der Waals surface area contributed by atoms with Crippen LogP contribution in [0.15, 0.2) is 24.3 Å². The maximum absolute atomic E-state index is 13.6. The zero-order valence-corrected chi connectivity index (χ0v) is 8.62. The molecule has 2 saturated heterocycles. The fourth-order valence-electron chi connectivity index (χ4n) is 2.83. The van der Waals surface area contributed by atoms with Crippen molar-refractivity contribution in [3.8, 4) is 0 Å². The van der Waals surface area contributed by atoms with Crippen LogP contribution in [-0.2, 0) is 0 Å². The third-order valence-corrected chi connectivity index (χ3v) is 3.61. The van der Waals surface area contributed by atoms with E-state index in [1.165, 1.54) is 6.42 Å². The monoisotopic (exact) mass is 206 g/mol. The summed E-state index contributed by atoms with van der Waals surface area (Å²) in [5.41, 5.74) is 0.772. The molecule has 1 N–H and O–H groups in total.